The van der Waals surface area contributed by atoms with Crippen molar-refractivity contribution in [2.75, 3.05) is 17.2 Å². The van der Waals surface area contributed by atoms with Gasteiger partial charge in [0.2, 0.25) is 5.88 Å². The fraction of sp³-hybridized carbons (Fsp3) is 0.240. The summed E-state index contributed by atoms with van der Waals surface area (Å²) in [7, 11) is 0. The van der Waals surface area contributed by atoms with E-state index < -0.39 is 23.2 Å². The number of rotatable bonds is 7. The fourth-order valence-corrected chi connectivity index (χ4v) is 4.02. The number of hydrogen-bond acceptors (Lipinski definition) is 4. The third-order valence-corrected chi connectivity index (χ3v) is 6.28. The molecule has 2 amide bonds. The minimum atomic E-state index is -0.825. The first kappa shape index (κ1) is 23.5. The number of halogens is 2. The van der Waals surface area contributed by atoms with Crippen molar-refractivity contribution in [2.45, 2.75) is 26.2 Å². The molecule has 3 N–H and O–H groups in total. The van der Waals surface area contributed by atoms with Gasteiger partial charge in [0.05, 0.1) is 10.7 Å². The summed E-state index contributed by atoms with van der Waals surface area (Å²) in [4.78, 5) is 28.1. The van der Waals surface area contributed by atoms with Gasteiger partial charge in [0.1, 0.15) is 17.8 Å². The van der Waals surface area contributed by atoms with Crippen molar-refractivity contribution < 1.29 is 23.8 Å². The summed E-state index contributed by atoms with van der Waals surface area (Å²) in [6.45, 7) is 2.02. The van der Waals surface area contributed by atoms with Crippen LogP contribution in [0.1, 0.15) is 24.8 Å². The predicted octanol–water partition coefficient (Wildman–Crippen LogP) is 6.13. The van der Waals surface area contributed by atoms with Gasteiger partial charge < -0.3 is 20.5 Å². The quantitative estimate of drug-likeness (QED) is 0.375. The van der Waals surface area contributed by atoms with Crippen molar-refractivity contribution >= 4 is 35.0 Å². The molecular formula is C25H23ClFN3O4. The van der Waals surface area contributed by atoms with Crippen molar-refractivity contribution in [3.63, 3.8) is 0 Å². The SMILES string of the molecule is Cc1cc(NC(=O)Nc2ccc(F)cc2Cl)ccc1-c1ccc(OCC2(C(=O)O)CCC2)nc1. The maximum absolute atomic E-state index is 13.2. The highest BCUT2D eigenvalue weighted by Gasteiger charge is 2.45. The lowest BCUT2D eigenvalue weighted by Gasteiger charge is -2.36. The summed E-state index contributed by atoms with van der Waals surface area (Å²) in [5.74, 6) is -0.934. The minimum Gasteiger partial charge on any atom is -0.481 e. The highest BCUT2D eigenvalue weighted by molar-refractivity contribution is 6.33. The van der Waals surface area contributed by atoms with Crippen LogP contribution in [0.25, 0.3) is 11.1 Å². The number of carbonyl (C=O) groups excluding carboxylic acids is 1. The van der Waals surface area contributed by atoms with E-state index in [1.165, 1.54) is 12.1 Å². The molecule has 0 unspecified atom stereocenters. The Labute approximate surface area is 200 Å². The third kappa shape index (κ3) is 5.12. The molecule has 176 valence electrons. The summed E-state index contributed by atoms with van der Waals surface area (Å²) < 4.78 is 18.8. The largest absolute Gasteiger partial charge is 0.481 e. The van der Waals surface area contributed by atoms with Crippen molar-refractivity contribution in [3.05, 3.63) is 71.1 Å². The lowest BCUT2D eigenvalue weighted by atomic mass is 9.69. The van der Waals surface area contributed by atoms with Gasteiger partial charge in [-0.25, -0.2) is 14.2 Å². The number of carboxylic acids is 1. The molecule has 1 saturated carbocycles. The van der Waals surface area contributed by atoms with Gasteiger partial charge in [-0.05, 0) is 67.3 Å². The van der Waals surface area contributed by atoms with Crippen LogP contribution >= 0.6 is 11.6 Å². The van der Waals surface area contributed by atoms with Gasteiger partial charge in [0.25, 0.3) is 0 Å². The summed E-state index contributed by atoms with van der Waals surface area (Å²) in [5, 5.41) is 14.8. The van der Waals surface area contributed by atoms with E-state index in [9.17, 15) is 19.1 Å². The Kier molecular flexibility index (Phi) is 6.70. The number of ether oxygens (including phenoxy) is 1. The molecule has 1 fully saturated rings. The van der Waals surface area contributed by atoms with E-state index in [0.717, 1.165) is 29.2 Å². The molecule has 0 atom stereocenters. The molecule has 1 aromatic heterocycles. The van der Waals surface area contributed by atoms with Crippen LogP contribution < -0.4 is 15.4 Å². The van der Waals surface area contributed by atoms with Crippen molar-refractivity contribution in [3.8, 4) is 17.0 Å². The average molecular weight is 484 g/mol. The number of carboxylic acid groups (broad SMARTS) is 1. The number of nitrogens with one attached hydrogen (secondary N) is 2. The van der Waals surface area contributed by atoms with E-state index in [2.05, 4.69) is 15.6 Å². The summed E-state index contributed by atoms with van der Waals surface area (Å²) in [5.41, 5.74) is 2.77. The minimum absolute atomic E-state index is 0.104. The van der Waals surface area contributed by atoms with Gasteiger partial charge in [-0.1, -0.05) is 24.1 Å². The molecule has 3 aromatic rings. The standard InChI is InChI=1S/C25H23ClFN3O4/c1-15-11-18(29-24(33)30-21-7-4-17(27)12-20(21)26)5-6-19(15)16-3-8-22(28-13-16)34-14-25(23(31)32)9-2-10-25/h3-8,11-13H,2,9-10,14H2,1H3,(H,31,32)(H2,29,30,33). The fourth-order valence-electron chi connectivity index (χ4n) is 3.80. The lowest BCUT2D eigenvalue weighted by molar-refractivity contribution is -0.157. The third-order valence-electron chi connectivity index (χ3n) is 5.97. The van der Waals surface area contributed by atoms with Crippen LogP contribution in [0.5, 0.6) is 5.88 Å². The van der Waals surface area contributed by atoms with Gasteiger partial charge in [-0.15, -0.1) is 0 Å². The number of aliphatic carboxylic acids is 1. The Morgan fingerprint density at radius 3 is 2.53 bits per heavy atom. The zero-order valence-corrected chi connectivity index (χ0v) is 19.2. The molecule has 1 aliphatic carbocycles. The van der Waals surface area contributed by atoms with Gasteiger partial charge in [-0.2, -0.15) is 0 Å². The molecule has 1 heterocycles. The van der Waals surface area contributed by atoms with Crippen molar-refractivity contribution in [2.24, 2.45) is 5.41 Å². The maximum atomic E-state index is 13.2. The summed E-state index contributed by atoms with van der Waals surface area (Å²) in [6.07, 6.45) is 3.81. The van der Waals surface area contributed by atoms with E-state index in [0.29, 0.717) is 30.1 Å². The Morgan fingerprint density at radius 1 is 1.15 bits per heavy atom. The second-order valence-electron chi connectivity index (χ2n) is 8.35. The molecule has 9 heteroatoms. The summed E-state index contributed by atoms with van der Waals surface area (Å²) >= 11 is 5.94. The van der Waals surface area contributed by atoms with Crippen LogP contribution in [0.2, 0.25) is 5.02 Å². The number of urea groups is 1. The number of carbonyl (C=O) groups is 2. The topological polar surface area (TPSA) is 101 Å². The Balaban J connectivity index is 1.38. The molecule has 0 spiro atoms. The number of nitrogens with zero attached hydrogens (tertiary/aromatic N) is 1. The number of aryl methyl sites for hydroxylation is 1. The highest BCUT2D eigenvalue weighted by atomic mass is 35.5. The van der Waals surface area contributed by atoms with Gasteiger partial charge in [0.15, 0.2) is 0 Å². The average Bonchev–Trinajstić information content (AvgIpc) is 2.75. The molecule has 0 bridgehead atoms. The Bertz CT molecular complexity index is 1230. The zero-order valence-electron chi connectivity index (χ0n) is 18.4. The first-order valence-electron chi connectivity index (χ1n) is 10.7. The molecule has 7 nitrogen and oxygen atoms in total. The van der Waals surface area contributed by atoms with Crippen LogP contribution in [0.4, 0.5) is 20.6 Å². The van der Waals surface area contributed by atoms with Crippen molar-refractivity contribution in [1.82, 2.24) is 4.98 Å². The number of aromatic nitrogens is 1. The Morgan fingerprint density at radius 2 is 1.94 bits per heavy atom. The number of pyridine rings is 1. The number of anilines is 2. The molecule has 1 aliphatic rings. The molecular weight excluding hydrogens is 461 g/mol. The van der Waals surface area contributed by atoms with Gasteiger partial charge in [-0.3, -0.25) is 4.79 Å². The molecule has 4 rings (SSSR count). The molecule has 0 aliphatic heterocycles. The van der Waals surface area contributed by atoms with E-state index in [4.69, 9.17) is 16.3 Å². The number of hydrogen-bond donors (Lipinski definition) is 3. The normalized spacial score (nSPS) is 14.1. The molecule has 34 heavy (non-hydrogen) atoms. The number of benzene rings is 2. The second kappa shape index (κ2) is 9.69. The first-order chi connectivity index (χ1) is 16.3. The summed E-state index contributed by atoms with van der Waals surface area (Å²) in [6, 6.07) is 12.2. The van der Waals surface area contributed by atoms with Gasteiger partial charge >= 0.3 is 12.0 Å². The van der Waals surface area contributed by atoms with Crippen LogP contribution in [0.3, 0.4) is 0 Å². The van der Waals surface area contributed by atoms with Gasteiger partial charge in [0, 0.05) is 23.5 Å². The van der Waals surface area contributed by atoms with Crippen LogP contribution in [-0.4, -0.2) is 28.7 Å². The predicted molar refractivity (Wildman–Crippen MR) is 128 cm³/mol. The molecule has 0 saturated heterocycles. The Hall–Kier alpha value is -3.65. The number of amides is 2. The van der Waals surface area contributed by atoms with E-state index in [1.54, 1.807) is 18.3 Å². The van der Waals surface area contributed by atoms with Crippen LogP contribution in [-0.2, 0) is 4.79 Å². The molecule has 0 radical (unpaired) electrons. The zero-order chi connectivity index (χ0) is 24.3. The van der Waals surface area contributed by atoms with E-state index in [-0.39, 0.29) is 11.6 Å². The van der Waals surface area contributed by atoms with Crippen LogP contribution in [0, 0.1) is 18.2 Å². The lowest BCUT2D eigenvalue weighted by Crippen LogP contribution is -2.43. The monoisotopic (exact) mass is 483 g/mol. The van der Waals surface area contributed by atoms with E-state index >= 15 is 0 Å². The second-order valence-corrected chi connectivity index (χ2v) is 8.75. The molecule has 2 aromatic carbocycles. The smallest absolute Gasteiger partial charge is 0.323 e. The van der Waals surface area contributed by atoms with Crippen molar-refractivity contribution in [1.29, 1.82) is 0 Å². The maximum Gasteiger partial charge on any atom is 0.323 e. The van der Waals surface area contributed by atoms with Crippen LogP contribution in [0.15, 0.2) is 54.7 Å². The first-order valence-corrected chi connectivity index (χ1v) is 11.1. The van der Waals surface area contributed by atoms with E-state index in [1.807, 2.05) is 25.1 Å². The highest BCUT2D eigenvalue weighted by Crippen LogP contribution is 2.41.